The molecule has 1 amide bonds. The molecule has 0 radical (unpaired) electrons. The van der Waals surface area contributed by atoms with E-state index in [1.807, 2.05) is 32.9 Å². The van der Waals surface area contributed by atoms with Crippen LogP contribution in [0, 0.1) is 5.92 Å². The van der Waals surface area contributed by atoms with Gasteiger partial charge in [0, 0.05) is 17.4 Å². The molecule has 1 saturated heterocycles. The first-order valence-electron chi connectivity index (χ1n) is 15.3. The van der Waals surface area contributed by atoms with Gasteiger partial charge < -0.3 is 25.4 Å². The third-order valence-corrected chi connectivity index (χ3v) is 7.35. The molecule has 3 N–H and O–H groups in total. The summed E-state index contributed by atoms with van der Waals surface area (Å²) in [6, 6.07) is 15.0. The lowest BCUT2D eigenvalue weighted by molar-refractivity contribution is 0.0404. The third-order valence-electron chi connectivity index (χ3n) is 7.35. The zero-order chi connectivity index (χ0) is 31.9. The minimum Gasteiger partial charge on any atom is -0.489 e. The normalized spacial score (nSPS) is 15.6. The molecule has 10 heteroatoms. The van der Waals surface area contributed by atoms with E-state index in [1.165, 1.54) is 11.6 Å². The van der Waals surface area contributed by atoms with Gasteiger partial charge in [-0.1, -0.05) is 26.0 Å². The molecule has 3 aromatic rings. The molecule has 0 spiro atoms. The molecular formula is C34H45F2N5O3. The molecule has 1 aliphatic rings. The number of benzene rings is 1. The second-order valence-corrected chi connectivity index (χ2v) is 13.2. The maximum atomic E-state index is 14.2. The zero-order valence-corrected chi connectivity index (χ0v) is 26.5. The molecule has 0 unspecified atom stereocenters. The number of hydrogen-bond donors (Lipinski definition) is 3. The Labute approximate surface area is 259 Å². The Bertz CT molecular complexity index is 1390. The van der Waals surface area contributed by atoms with Gasteiger partial charge in [0.15, 0.2) is 0 Å². The van der Waals surface area contributed by atoms with Gasteiger partial charge in [-0.2, -0.15) is 0 Å². The lowest BCUT2D eigenvalue weighted by Gasteiger charge is -2.33. The van der Waals surface area contributed by atoms with Crippen molar-refractivity contribution >= 4 is 17.6 Å². The number of alkyl halides is 2. The Morgan fingerprint density at radius 3 is 2.39 bits per heavy atom. The maximum Gasteiger partial charge on any atom is 0.408 e. The minimum absolute atomic E-state index is 0.0361. The number of anilines is 2. The van der Waals surface area contributed by atoms with Gasteiger partial charge in [-0.25, -0.2) is 23.5 Å². The van der Waals surface area contributed by atoms with Crippen LogP contribution < -0.4 is 20.7 Å². The van der Waals surface area contributed by atoms with Crippen molar-refractivity contribution in [3.05, 3.63) is 66.0 Å². The molecular weight excluding hydrogens is 564 g/mol. The third kappa shape index (κ3) is 9.61. The lowest BCUT2D eigenvalue weighted by Crippen LogP contribution is -2.52. The largest absolute Gasteiger partial charge is 0.489 e. The van der Waals surface area contributed by atoms with Crippen LogP contribution in [0.15, 0.2) is 54.7 Å². The molecule has 4 rings (SSSR count). The monoisotopic (exact) mass is 609 g/mol. The number of nitrogens with zero attached hydrogens (tertiary/aromatic N) is 2. The number of aromatic nitrogens is 2. The number of piperidine rings is 1. The van der Waals surface area contributed by atoms with Crippen LogP contribution in [-0.2, 0) is 4.74 Å². The smallest absolute Gasteiger partial charge is 0.408 e. The number of pyridine rings is 2. The van der Waals surface area contributed by atoms with E-state index in [1.54, 1.807) is 45.2 Å². The molecule has 8 nitrogen and oxygen atoms in total. The maximum absolute atomic E-state index is 14.2. The van der Waals surface area contributed by atoms with Crippen molar-refractivity contribution in [1.82, 2.24) is 20.6 Å². The van der Waals surface area contributed by atoms with Gasteiger partial charge in [0.25, 0.3) is 6.43 Å². The SMILES string of the molecule is CC(C)C[C@@](C)(COc1ccc(-c2ccnc(Nc3ccc(C4CCNCC4)cc3)c2)nc1C(F)F)NC(=O)OC(C)(C)C. The van der Waals surface area contributed by atoms with Crippen LogP contribution in [0.4, 0.5) is 25.1 Å². The van der Waals surface area contributed by atoms with Crippen LogP contribution in [0.1, 0.15) is 84.4 Å². The molecule has 238 valence electrons. The Morgan fingerprint density at radius 2 is 1.75 bits per heavy atom. The van der Waals surface area contributed by atoms with Crippen molar-refractivity contribution in [3.63, 3.8) is 0 Å². The summed E-state index contributed by atoms with van der Waals surface area (Å²) in [5, 5.41) is 9.58. The highest BCUT2D eigenvalue weighted by Crippen LogP contribution is 2.33. The number of halogens is 2. The van der Waals surface area contributed by atoms with Crippen LogP contribution in [0.3, 0.4) is 0 Å². The summed E-state index contributed by atoms with van der Waals surface area (Å²) in [4.78, 5) is 21.2. The molecule has 0 aliphatic carbocycles. The first-order valence-corrected chi connectivity index (χ1v) is 15.3. The summed E-state index contributed by atoms with van der Waals surface area (Å²) in [7, 11) is 0. The summed E-state index contributed by atoms with van der Waals surface area (Å²) in [6.45, 7) is 13.2. The van der Waals surface area contributed by atoms with Crippen LogP contribution in [-0.4, -0.2) is 46.9 Å². The van der Waals surface area contributed by atoms with Crippen LogP contribution in [0.5, 0.6) is 5.75 Å². The number of rotatable bonds is 11. The van der Waals surface area contributed by atoms with Gasteiger partial charge in [0.2, 0.25) is 0 Å². The standard InChI is InChI=1S/C34H45F2N5O3/c1-22(2)20-34(6,41-32(42)44-33(3,4)5)21-43-28-12-11-27(40-30(28)31(35)36)25-15-18-38-29(19-25)39-26-9-7-23(8-10-26)24-13-16-37-17-14-24/h7-12,15,18-19,22,24,31,37H,13-14,16-17,20-21H2,1-6H3,(H,38,39)(H,41,42)/t34-/m0/s1. The second kappa shape index (κ2) is 14.3. The van der Waals surface area contributed by atoms with Gasteiger partial charge >= 0.3 is 6.09 Å². The molecule has 2 aromatic heterocycles. The van der Waals surface area contributed by atoms with E-state index in [9.17, 15) is 13.6 Å². The van der Waals surface area contributed by atoms with Crippen molar-refractivity contribution < 1.29 is 23.0 Å². The Hall–Kier alpha value is -3.79. The Balaban J connectivity index is 1.48. The number of nitrogens with one attached hydrogen (secondary N) is 3. The Morgan fingerprint density at radius 1 is 1.05 bits per heavy atom. The summed E-state index contributed by atoms with van der Waals surface area (Å²) in [5.41, 5.74) is 1.23. The highest BCUT2D eigenvalue weighted by molar-refractivity contribution is 5.69. The number of amides is 1. The number of carbonyl (C=O) groups is 1. The summed E-state index contributed by atoms with van der Waals surface area (Å²) in [5.74, 6) is 1.32. The number of hydrogen-bond acceptors (Lipinski definition) is 7. The van der Waals surface area contributed by atoms with Gasteiger partial charge in [0.1, 0.15) is 29.5 Å². The molecule has 1 aliphatic heterocycles. The highest BCUT2D eigenvalue weighted by atomic mass is 19.3. The van der Waals surface area contributed by atoms with Crippen LogP contribution >= 0.6 is 0 Å². The molecule has 3 heterocycles. The van der Waals surface area contributed by atoms with Crippen LogP contribution in [0.25, 0.3) is 11.3 Å². The topological polar surface area (TPSA) is 97.4 Å². The Kier molecular flexibility index (Phi) is 10.8. The van der Waals surface area contributed by atoms with Gasteiger partial charge in [0.05, 0.1) is 11.2 Å². The second-order valence-electron chi connectivity index (χ2n) is 13.2. The molecule has 0 bridgehead atoms. The lowest BCUT2D eigenvalue weighted by atomic mass is 9.90. The van der Waals surface area contributed by atoms with E-state index >= 15 is 0 Å². The van der Waals surface area contributed by atoms with E-state index < -0.39 is 29.4 Å². The fraction of sp³-hybridized carbons (Fsp3) is 0.500. The zero-order valence-electron chi connectivity index (χ0n) is 26.5. The van der Waals surface area contributed by atoms with Gasteiger partial charge in [-0.05, 0) is 114 Å². The van der Waals surface area contributed by atoms with E-state index in [-0.39, 0.29) is 18.3 Å². The predicted octanol–water partition coefficient (Wildman–Crippen LogP) is 8.00. The van der Waals surface area contributed by atoms with Crippen molar-refractivity contribution in [2.24, 2.45) is 5.92 Å². The van der Waals surface area contributed by atoms with Gasteiger partial charge in [-0.3, -0.25) is 0 Å². The quantitative estimate of drug-likeness (QED) is 0.203. The first kappa shape index (κ1) is 33.1. The highest BCUT2D eigenvalue weighted by Gasteiger charge is 2.32. The fourth-order valence-electron chi connectivity index (χ4n) is 5.54. The van der Waals surface area contributed by atoms with Crippen molar-refractivity contribution in [2.45, 2.75) is 84.3 Å². The van der Waals surface area contributed by atoms with E-state index in [2.05, 4.69) is 38.1 Å². The molecule has 1 aromatic carbocycles. The predicted molar refractivity (Wildman–Crippen MR) is 170 cm³/mol. The minimum atomic E-state index is -2.86. The molecule has 44 heavy (non-hydrogen) atoms. The average molecular weight is 610 g/mol. The van der Waals surface area contributed by atoms with E-state index in [4.69, 9.17) is 9.47 Å². The number of carbonyl (C=O) groups excluding carboxylic acids is 1. The summed E-state index contributed by atoms with van der Waals surface area (Å²) < 4.78 is 39.8. The first-order chi connectivity index (χ1) is 20.8. The van der Waals surface area contributed by atoms with Gasteiger partial charge in [-0.15, -0.1) is 0 Å². The number of ether oxygens (including phenoxy) is 2. The van der Waals surface area contributed by atoms with Crippen molar-refractivity contribution in [3.8, 4) is 17.0 Å². The molecule has 0 saturated carbocycles. The fourth-order valence-corrected chi connectivity index (χ4v) is 5.54. The van der Waals surface area contributed by atoms with Crippen molar-refractivity contribution in [1.29, 1.82) is 0 Å². The molecule has 1 fully saturated rings. The van der Waals surface area contributed by atoms with Crippen LogP contribution in [0.2, 0.25) is 0 Å². The number of alkyl carbamates (subject to hydrolysis) is 1. The summed E-state index contributed by atoms with van der Waals surface area (Å²) >= 11 is 0. The van der Waals surface area contributed by atoms with Crippen molar-refractivity contribution in [2.75, 3.05) is 25.0 Å². The van der Waals surface area contributed by atoms with E-state index in [0.29, 0.717) is 29.4 Å². The van der Waals surface area contributed by atoms with E-state index in [0.717, 1.165) is 31.6 Å². The molecule has 1 atom stereocenters. The average Bonchev–Trinajstić information content (AvgIpc) is 2.95. The summed E-state index contributed by atoms with van der Waals surface area (Å²) in [6.07, 6.45) is 0.983.